The summed E-state index contributed by atoms with van der Waals surface area (Å²) >= 11 is 0. The Morgan fingerprint density at radius 1 is 1.17 bits per heavy atom. The zero-order chi connectivity index (χ0) is 13.1. The van der Waals surface area contributed by atoms with E-state index in [1.807, 2.05) is 13.0 Å². The molecule has 0 bridgehead atoms. The lowest BCUT2D eigenvalue weighted by atomic mass is 10.2. The molecule has 2 aromatic rings. The lowest BCUT2D eigenvalue weighted by Gasteiger charge is -2.09. The SMILES string of the molecule is Cc1ccncc1NCc1cc(F)c(F)c(F)c1. The minimum Gasteiger partial charge on any atom is -0.380 e. The van der Waals surface area contributed by atoms with Crippen LogP contribution in [0.25, 0.3) is 0 Å². The van der Waals surface area contributed by atoms with E-state index in [2.05, 4.69) is 10.3 Å². The standard InChI is InChI=1S/C13H11F3N2/c1-8-2-3-17-7-12(8)18-6-9-4-10(14)13(16)11(15)5-9/h2-5,7,18H,6H2,1H3. The third-order valence-electron chi connectivity index (χ3n) is 2.57. The van der Waals surface area contributed by atoms with E-state index in [1.165, 1.54) is 0 Å². The van der Waals surface area contributed by atoms with Crippen molar-refractivity contribution in [1.29, 1.82) is 0 Å². The molecule has 1 aromatic heterocycles. The van der Waals surface area contributed by atoms with E-state index in [0.717, 1.165) is 23.4 Å². The van der Waals surface area contributed by atoms with Crippen molar-refractivity contribution in [3.63, 3.8) is 0 Å². The minimum absolute atomic E-state index is 0.195. The van der Waals surface area contributed by atoms with Gasteiger partial charge in [-0.25, -0.2) is 13.2 Å². The molecule has 1 heterocycles. The van der Waals surface area contributed by atoms with Crippen molar-refractivity contribution in [2.24, 2.45) is 0 Å². The van der Waals surface area contributed by atoms with Crippen LogP contribution in [0.4, 0.5) is 18.9 Å². The van der Waals surface area contributed by atoms with E-state index in [-0.39, 0.29) is 6.54 Å². The Morgan fingerprint density at radius 3 is 2.44 bits per heavy atom. The van der Waals surface area contributed by atoms with E-state index in [9.17, 15) is 13.2 Å². The van der Waals surface area contributed by atoms with Crippen LogP contribution in [0, 0.1) is 24.4 Å². The molecule has 0 aliphatic rings. The summed E-state index contributed by atoms with van der Waals surface area (Å²) < 4.78 is 38.7. The highest BCUT2D eigenvalue weighted by molar-refractivity contribution is 5.48. The van der Waals surface area contributed by atoms with E-state index < -0.39 is 17.5 Å². The number of aryl methyl sites for hydroxylation is 1. The Bertz CT molecular complexity index is 547. The maximum atomic E-state index is 13.0. The molecule has 0 aliphatic carbocycles. The number of hydrogen-bond donors (Lipinski definition) is 1. The molecule has 0 fully saturated rings. The highest BCUT2D eigenvalue weighted by Gasteiger charge is 2.10. The summed E-state index contributed by atoms with van der Waals surface area (Å²) in [7, 11) is 0. The molecule has 0 atom stereocenters. The number of anilines is 1. The Morgan fingerprint density at radius 2 is 1.83 bits per heavy atom. The highest BCUT2D eigenvalue weighted by atomic mass is 19.2. The highest BCUT2D eigenvalue weighted by Crippen LogP contribution is 2.16. The van der Waals surface area contributed by atoms with Gasteiger partial charge in [0.25, 0.3) is 0 Å². The van der Waals surface area contributed by atoms with Crippen LogP contribution in [0.1, 0.15) is 11.1 Å². The summed E-state index contributed by atoms with van der Waals surface area (Å²) in [6.07, 6.45) is 3.27. The maximum Gasteiger partial charge on any atom is 0.194 e. The molecule has 0 unspecified atom stereocenters. The predicted octanol–water partition coefficient (Wildman–Crippen LogP) is 3.42. The Kier molecular flexibility index (Phi) is 3.50. The second kappa shape index (κ2) is 5.08. The van der Waals surface area contributed by atoms with E-state index in [0.29, 0.717) is 5.56 Å². The van der Waals surface area contributed by atoms with Crippen molar-refractivity contribution in [3.8, 4) is 0 Å². The first-order chi connectivity index (χ1) is 8.58. The van der Waals surface area contributed by atoms with Gasteiger partial charge in [0.2, 0.25) is 0 Å². The summed E-state index contributed by atoms with van der Waals surface area (Å²) in [5.74, 6) is -3.82. The van der Waals surface area contributed by atoms with Gasteiger partial charge in [-0.05, 0) is 36.2 Å². The largest absolute Gasteiger partial charge is 0.380 e. The van der Waals surface area contributed by atoms with Crippen LogP contribution in [0.3, 0.4) is 0 Å². The molecule has 0 amide bonds. The molecular formula is C13H11F3N2. The third-order valence-corrected chi connectivity index (χ3v) is 2.57. The van der Waals surface area contributed by atoms with Gasteiger partial charge >= 0.3 is 0 Å². The topological polar surface area (TPSA) is 24.9 Å². The van der Waals surface area contributed by atoms with Crippen LogP contribution in [-0.4, -0.2) is 4.98 Å². The van der Waals surface area contributed by atoms with Crippen LogP contribution in [-0.2, 0) is 6.54 Å². The van der Waals surface area contributed by atoms with Gasteiger partial charge in [0.15, 0.2) is 17.5 Å². The number of halogens is 3. The van der Waals surface area contributed by atoms with Gasteiger partial charge in [0, 0.05) is 12.7 Å². The average Bonchev–Trinajstić information content (AvgIpc) is 2.35. The molecule has 5 heteroatoms. The van der Waals surface area contributed by atoms with Crippen LogP contribution in [0.2, 0.25) is 0 Å². The second-order valence-electron chi connectivity index (χ2n) is 3.92. The van der Waals surface area contributed by atoms with Crippen molar-refractivity contribution < 1.29 is 13.2 Å². The number of nitrogens with zero attached hydrogens (tertiary/aromatic N) is 1. The molecule has 0 aliphatic heterocycles. The Hall–Kier alpha value is -2.04. The van der Waals surface area contributed by atoms with Gasteiger partial charge in [0.05, 0.1) is 11.9 Å². The fourth-order valence-corrected chi connectivity index (χ4v) is 1.56. The lowest BCUT2D eigenvalue weighted by molar-refractivity contribution is 0.445. The predicted molar refractivity (Wildman–Crippen MR) is 62.6 cm³/mol. The summed E-state index contributed by atoms with van der Waals surface area (Å²) in [4.78, 5) is 3.94. The first kappa shape index (κ1) is 12.4. The van der Waals surface area contributed by atoms with E-state index in [4.69, 9.17) is 0 Å². The number of benzene rings is 1. The smallest absolute Gasteiger partial charge is 0.194 e. The van der Waals surface area contributed by atoms with E-state index >= 15 is 0 Å². The number of pyridine rings is 1. The fraction of sp³-hybridized carbons (Fsp3) is 0.154. The molecule has 18 heavy (non-hydrogen) atoms. The zero-order valence-corrected chi connectivity index (χ0v) is 9.67. The van der Waals surface area contributed by atoms with E-state index in [1.54, 1.807) is 12.4 Å². The molecule has 1 aromatic carbocycles. The van der Waals surface area contributed by atoms with Crippen LogP contribution >= 0.6 is 0 Å². The van der Waals surface area contributed by atoms with Crippen LogP contribution in [0.5, 0.6) is 0 Å². The van der Waals surface area contributed by atoms with Gasteiger partial charge in [-0.15, -0.1) is 0 Å². The van der Waals surface area contributed by atoms with Gasteiger partial charge in [-0.2, -0.15) is 0 Å². The second-order valence-corrected chi connectivity index (χ2v) is 3.92. The van der Waals surface area contributed by atoms with Gasteiger partial charge < -0.3 is 5.32 Å². The van der Waals surface area contributed by atoms with Crippen molar-refractivity contribution in [2.45, 2.75) is 13.5 Å². The monoisotopic (exact) mass is 252 g/mol. The Labute approximate surface area is 102 Å². The molecule has 1 N–H and O–H groups in total. The molecule has 2 rings (SSSR count). The van der Waals surface area contributed by atoms with Crippen LogP contribution < -0.4 is 5.32 Å². The fourth-order valence-electron chi connectivity index (χ4n) is 1.56. The van der Waals surface area contributed by atoms with Crippen LogP contribution in [0.15, 0.2) is 30.6 Å². The van der Waals surface area contributed by atoms with Crippen molar-refractivity contribution in [1.82, 2.24) is 4.98 Å². The van der Waals surface area contributed by atoms with Gasteiger partial charge in [-0.1, -0.05) is 0 Å². The number of nitrogens with one attached hydrogen (secondary N) is 1. The molecule has 0 saturated carbocycles. The maximum absolute atomic E-state index is 13.0. The van der Waals surface area contributed by atoms with Gasteiger partial charge in [-0.3, -0.25) is 4.98 Å². The molecule has 0 radical (unpaired) electrons. The first-order valence-corrected chi connectivity index (χ1v) is 5.36. The lowest BCUT2D eigenvalue weighted by Crippen LogP contribution is -2.03. The van der Waals surface area contributed by atoms with Crippen molar-refractivity contribution in [2.75, 3.05) is 5.32 Å². The Balaban J connectivity index is 2.14. The third kappa shape index (κ3) is 2.61. The number of hydrogen-bond acceptors (Lipinski definition) is 2. The number of aromatic nitrogens is 1. The van der Waals surface area contributed by atoms with Crippen molar-refractivity contribution >= 4 is 5.69 Å². The molecule has 0 spiro atoms. The quantitative estimate of drug-likeness (QED) is 0.847. The summed E-state index contributed by atoms with van der Waals surface area (Å²) in [5.41, 5.74) is 2.06. The zero-order valence-electron chi connectivity index (χ0n) is 9.67. The normalized spacial score (nSPS) is 10.4. The summed E-state index contributed by atoms with van der Waals surface area (Å²) in [6.45, 7) is 2.08. The first-order valence-electron chi connectivity index (χ1n) is 5.36. The summed E-state index contributed by atoms with van der Waals surface area (Å²) in [6, 6.07) is 3.75. The van der Waals surface area contributed by atoms with Gasteiger partial charge in [0.1, 0.15) is 0 Å². The minimum atomic E-state index is -1.45. The summed E-state index contributed by atoms with van der Waals surface area (Å²) in [5, 5.41) is 2.98. The van der Waals surface area contributed by atoms with Crippen molar-refractivity contribution in [3.05, 3.63) is 59.2 Å². The average molecular weight is 252 g/mol. The molecular weight excluding hydrogens is 241 g/mol. The molecule has 0 saturated heterocycles. The molecule has 94 valence electrons. The molecule has 2 nitrogen and oxygen atoms in total. The number of rotatable bonds is 3.